The number of hydrogen-bond donors (Lipinski definition) is 1. The van der Waals surface area contributed by atoms with E-state index in [0.29, 0.717) is 21.2 Å². The maximum atomic E-state index is 12.1. The quantitative estimate of drug-likeness (QED) is 0.673. The van der Waals surface area contributed by atoms with Gasteiger partial charge in [0, 0.05) is 11.3 Å². The van der Waals surface area contributed by atoms with Crippen LogP contribution in [0, 0.1) is 0 Å². The monoisotopic (exact) mass is 315 g/mol. The predicted octanol–water partition coefficient (Wildman–Crippen LogP) is 3.98. The third-order valence-electron chi connectivity index (χ3n) is 2.03. The molecule has 2 aromatic rings. The van der Waals surface area contributed by atoms with Gasteiger partial charge in [-0.1, -0.05) is 11.6 Å². The molecule has 16 heavy (non-hydrogen) atoms. The van der Waals surface area contributed by atoms with E-state index in [2.05, 4.69) is 15.9 Å². The van der Waals surface area contributed by atoms with Gasteiger partial charge in [0.25, 0.3) is 0 Å². The lowest BCUT2D eigenvalue weighted by molar-refractivity contribution is 0.104. The van der Waals surface area contributed by atoms with Crippen LogP contribution in [0.4, 0.5) is 5.69 Å². The lowest BCUT2D eigenvalue weighted by atomic mass is 10.1. The van der Waals surface area contributed by atoms with Gasteiger partial charge in [0.1, 0.15) is 0 Å². The number of carbonyl (C=O) groups is 1. The van der Waals surface area contributed by atoms with Crippen LogP contribution in [0.15, 0.2) is 34.1 Å². The minimum absolute atomic E-state index is 0.0827. The number of benzene rings is 1. The zero-order chi connectivity index (χ0) is 11.7. The van der Waals surface area contributed by atoms with Crippen LogP contribution in [0.2, 0.25) is 5.02 Å². The van der Waals surface area contributed by atoms with Gasteiger partial charge >= 0.3 is 0 Å². The molecular weight excluding hydrogens is 310 g/mol. The van der Waals surface area contributed by atoms with E-state index in [4.69, 9.17) is 17.3 Å². The lowest BCUT2D eigenvalue weighted by Crippen LogP contribution is -2.00. The minimum atomic E-state index is -0.0827. The van der Waals surface area contributed by atoms with Crippen molar-refractivity contribution in [1.29, 1.82) is 0 Å². The SMILES string of the molecule is Nc1ccc(C(=O)c2ccc(Br)s2)c(Cl)c1. The summed E-state index contributed by atoms with van der Waals surface area (Å²) in [6.45, 7) is 0. The number of halogens is 2. The smallest absolute Gasteiger partial charge is 0.204 e. The van der Waals surface area contributed by atoms with Crippen LogP contribution in [0.25, 0.3) is 0 Å². The van der Waals surface area contributed by atoms with Crippen LogP contribution in [0.1, 0.15) is 15.2 Å². The summed E-state index contributed by atoms with van der Waals surface area (Å²) < 4.78 is 0.919. The van der Waals surface area contributed by atoms with Crippen LogP contribution in [0.5, 0.6) is 0 Å². The van der Waals surface area contributed by atoms with E-state index >= 15 is 0 Å². The number of rotatable bonds is 2. The van der Waals surface area contributed by atoms with Crippen LogP contribution < -0.4 is 5.73 Å². The first-order valence-electron chi connectivity index (χ1n) is 4.43. The zero-order valence-corrected chi connectivity index (χ0v) is 11.2. The Hall–Kier alpha value is -0.840. The average Bonchev–Trinajstić information content (AvgIpc) is 2.64. The summed E-state index contributed by atoms with van der Waals surface area (Å²) in [6.07, 6.45) is 0. The summed E-state index contributed by atoms with van der Waals surface area (Å²) in [4.78, 5) is 12.7. The molecule has 2 nitrogen and oxygen atoms in total. The first-order chi connectivity index (χ1) is 7.58. The van der Waals surface area contributed by atoms with Crippen molar-refractivity contribution in [2.24, 2.45) is 0 Å². The molecule has 1 aromatic carbocycles. The first-order valence-corrected chi connectivity index (χ1v) is 6.42. The number of ketones is 1. The Bertz CT molecular complexity index is 553. The van der Waals surface area contributed by atoms with Gasteiger partial charge in [-0.05, 0) is 46.3 Å². The fraction of sp³-hybridized carbons (Fsp3) is 0. The summed E-state index contributed by atoms with van der Waals surface area (Å²) >= 11 is 10.7. The van der Waals surface area contributed by atoms with E-state index in [9.17, 15) is 4.79 Å². The summed E-state index contributed by atoms with van der Waals surface area (Å²) in [6, 6.07) is 8.50. The Kier molecular flexibility index (Phi) is 3.33. The predicted molar refractivity (Wildman–Crippen MR) is 71.3 cm³/mol. The van der Waals surface area contributed by atoms with Crippen molar-refractivity contribution in [3.63, 3.8) is 0 Å². The van der Waals surface area contributed by atoms with Gasteiger partial charge in [-0.25, -0.2) is 0 Å². The van der Waals surface area contributed by atoms with E-state index in [1.54, 1.807) is 24.3 Å². The molecule has 2 rings (SSSR count). The van der Waals surface area contributed by atoms with Gasteiger partial charge in [0.2, 0.25) is 5.78 Å². The second-order valence-corrected chi connectivity index (χ2v) is 6.04. The molecule has 0 aliphatic carbocycles. The third-order valence-corrected chi connectivity index (χ3v) is 3.97. The molecule has 0 fully saturated rings. The van der Waals surface area contributed by atoms with Crippen molar-refractivity contribution in [3.05, 3.63) is 49.6 Å². The maximum absolute atomic E-state index is 12.1. The number of nitrogen functional groups attached to an aromatic ring is 1. The van der Waals surface area contributed by atoms with Gasteiger partial charge in [-0.3, -0.25) is 4.79 Å². The molecule has 5 heteroatoms. The number of anilines is 1. The Morgan fingerprint density at radius 2 is 2.06 bits per heavy atom. The lowest BCUT2D eigenvalue weighted by Gasteiger charge is -2.02. The summed E-state index contributed by atoms with van der Waals surface area (Å²) in [5.74, 6) is -0.0827. The van der Waals surface area contributed by atoms with Crippen molar-refractivity contribution in [3.8, 4) is 0 Å². The van der Waals surface area contributed by atoms with Crippen LogP contribution in [-0.2, 0) is 0 Å². The molecule has 82 valence electrons. The first kappa shape index (κ1) is 11.6. The second-order valence-electron chi connectivity index (χ2n) is 3.17. The van der Waals surface area contributed by atoms with E-state index in [-0.39, 0.29) is 5.78 Å². The highest BCUT2D eigenvalue weighted by atomic mass is 79.9. The highest BCUT2D eigenvalue weighted by molar-refractivity contribution is 9.11. The number of nitrogens with two attached hydrogens (primary N) is 1. The number of hydrogen-bond acceptors (Lipinski definition) is 3. The van der Waals surface area contributed by atoms with E-state index < -0.39 is 0 Å². The van der Waals surface area contributed by atoms with Gasteiger partial charge in [-0.2, -0.15) is 0 Å². The molecule has 0 aliphatic heterocycles. The Morgan fingerprint density at radius 1 is 1.31 bits per heavy atom. The number of carbonyl (C=O) groups excluding carboxylic acids is 1. The van der Waals surface area contributed by atoms with Crippen LogP contribution in [0.3, 0.4) is 0 Å². The second kappa shape index (κ2) is 4.57. The van der Waals surface area contributed by atoms with Crippen LogP contribution >= 0.6 is 38.9 Å². The van der Waals surface area contributed by atoms with Gasteiger partial charge in [0.05, 0.1) is 13.7 Å². The molecule has 0 saturated heterocycles. The van der Waals surface area contributed by atoms with Gasteiger partial charge in [-0.15, -0.1) is 11.3 Å². The van der Waals surface area contributed by atoms with E-state index in [1.165, 1.54) is 11.3 Å². The highest BCUT2D eigenvalue weighted by Gasteiger charge is 2.14. The zero-order valence-electron chi connectivity index (χ0n) is 8.04. The van der Waals surface area contributed by atoms with Crippen molar-refractivity contribution < 1.29 is 4.79 Å². The molecular formula is C11H7BrClNOS. The van der Waals surface area contributed by atoms with Crippen molar-refractivity contribution >= 4 is 50.3 Å². The van der Waals surface area contributed by atoms with Gasteiger partial charge in [0.15, 0.2) is 0 Å². The fourth-order valence-corrected chi connectivity index (χ4v) is 2.90. The molecule has 1 heterocycles. The maximum Gasteiger partial charge on any atom is 0.204 e. The Morgan fingerprint density at radius 3 is 2.62 bits per heavy atom. The number of thiophene rings is 1. The molecule has 0 bridgehead atoms. The van der Waals surface area contributed by atoms with E-state index in [1.807, 2.05) is 6.07 Å². The molecule has 0 aliphatic rings. The summed E-state index contributed by atoms with van der Waals surface area (Å²) in [7, 11) is 0. The minimum Gasteiger partial charge on any atom is -0.399 e. The molecule has 0 atom stereocenters. The molecule has 2 N–H and O–H groups in total. The standard InChI is InChI=1S/C11H7BrClNOS/c12-10-4-3-9(16-10)11(15)7-2-1-6(14)5-8(7)13/h1-5H,14H2. The summed E-state index contributed by atoms with van der Waals surface area (Å²) in [5, 5.41) is 0.384. The molecule has 0 radical (unpaired) electrons. The molecule has 0 amide bonds. The normalized spacial score (nSPS) is 10.4. The molecule has 0 saturated carbocycles. The Balaban J connectivity index is 2.41. The van der Waals surface area contributed by atoms with Crippen molar-refractivity contribution in [2.45, 2.75) is 0 Å². The van der Waals surface area contributed by atoms with Crippen molar-refractivity contribution in [1.82, 2.24) is 0 Å². The highest BCUT2D eigenvalue weighted by Crippen LogP contribution is 2.27. The molecule has 0 spiro atoms. The fourth-order valence-electron chi connectivity index (χ4n) is 1.28. The summed E-state index contributed by atoms with van der Waals surface area (Å²) in [5.41, 5.74) is 6.60. The third kappa shape index (κ3) is 2.29. The van der Waals surface area contributed by atoms with Crippen LogP contribution in [-0.4, -0.2) is 5.78 Å². The largest absolute Gasteiger partial charge is 0.399 e. The Labute approximate surface area is 110 Å². The van der Waals surface area contributed by atoms with E-state index in [0.717, 1.165) is 3.79 Å². The van der Waals surface area contributed by atoms with Gasteiger partial charge < -0.3 is 5.73 Å². The molecule has 1 aromatic heterocycles. The van der Waals surface area contributed by atoms with Crippen molar-refractivity contribution in [2.75, 3.05) is 5.73 Å². The average molecular weight is 317 g/mol. The topological polar surface area (TPSA) is 43.1 Å². The molecule has 0 unspecified atom stereocenters.